The zero-order valence-electron chi connectivity index (χ0n) is 19.8. The third-order valence-electron chi connectivity index (χ3n) is 6.76. The highest BCUT2D eigenvalue weighted by molar-refractivity contribution is 5.94. The van der Waals surface area contributed by atoms with E-state index in [1.807, 2.05) is 23.0 Å². The summed E-state index contributed by atoms with van der Waals surface area (Å²) in [4.78, 5) is 22.2. The molecule has 4 heterocycles. The van der Waals surface area contributed by atoms with Crippen LogP contribution in [0.5, 0.6) is 0 Å². The third-order valence-corrected chi connectivity index (χ3v) is 6.76. The Kier molecular flexibility index (Phi) is 6.51. The lowest BCUT2D eigenvalue weighted by Crippen LogP contribution is -2.44. The number of hydrogen-bond donors (Lipinski definition) is 2. The second-order valence-electron chi connectivity index (χ2n) is 9.09. The molecule has 0 radical (unpaired) electrons. The van der Waals surface area contributed by atoms with Crippen LogP contribution in [0.25, 0.3) is 22.3 Å². The van der Waals surface area contributed by atoms with Gasteiger partial charge >= 0.3 is 6.09 Å². The highest BCUT2D eigenvalue weighted by Crippen LogP contribution is 2.34. The molecule has 2 aliphatic rings. The van der Waals surface area contributed by atoms with Crippen molar-refractivity contribution in [1.82, 2.24) is 24.6 Å². The van der Waals surface area contributed by atoms with Crippen LogP contribution in [0.3, 0.4) is 0 Å². The number of piperidine rings is 1. The number of carboxylic acid groups (broad SMARTS) is 1. The Morgan fingerprint density at radius 1 is 1.29 bits per heavy atom. The Morgan fingerprint density at radius 2 is 2.17 bits per heavy atom. The van der Waals surface area contributed by atoms with Crippen LogP contribution in [0.4, 0.5) is 10.7 Å². The largest absolute Gasteiger partial charge is 0.465 e. The fraction of sp³-hybridized carbons (Fsp3) is 0.480. The van der Waals surface area contributed by atoms with Crippen LogP contribution in [0.2, 0.25) is 0 Å². The Morgan fingerprint density at radius 3 is 2.91 bits per heavy atom. The lowest BCUT2D eigenvalue weighted by Gasteiger charge is -2.31. The molecule has 10 heteroatoms. The SMILES string of the molecule is CCc1cnc(N[C@H]2CCCN(C(=O)O)C2)nc1-c1nn(C2CCCCO2)c2cc(C#N)ccc12. The molecule has 2 aliphatic heterocycles. The van der Waals surface area contributed by atoms with Crippen molar-refractivity contribution >= 4 is 22.9 Å². The summed E-state index contributed by atoms with van der Waals surface area (Å²) >= 11 is 0. The molecule has 0 saturated carbocycles. The molecule has 1 amide bonds. The molecular formula is C25H29N7O3. The van der Waals surface area contributed by atoms with Gasteiger partial charge in [-0.25, -0.2) is 19.4 Å². The molecule has 3 aromatic rings. The van der Waals surface area contributed by atoms with Crippen molar-refractivity contribution in [3.05, 3.63) is 35.5 Å². The van der Waals surface area contributed by atoms with E-state index in [2.05, 4.69) is 23.3 Å². The van der Waals surface area contributed by atoms with E-state index in [4.69, 9.17) is 14.8 Å². The molecule has 2 N–H and O–H groups in total. The number of ether oxygens (including phenoxy) is 1. The predicted molar refractivity (Wildman–Crippen MR) is 130 cm³/mol. The Labute approximate surface area is 203 Å². The minimum atomic E-state index is -0.905. The monoisotopic (exact) mass is 475 g/mol. The second kappa shape index (κ2) is 9.88. The standard InChI is InChI=1S/C25H29N7O3/c1-2-17-14-27-24(28-18-6-5-10-31(15-18)25(33)34)29-22(17)23-19-9-8-16(13-26)12-20(19)32(30-23)21-7-3-4-11-35-21/h8-9,12,14,18,21H,2-7,10-11,15H2,1H3,(H,33,34)(H,27,28,29)/t18-,21?/m0/s1. The van der Waals surface area contributed by atoms with Gasteiger partial charge in [0.15, 0.2) is 6.23 Å². The summed E-state index contributed by atoms with van der Waals surface area (Å²) in [5.74, 6) is 0.458. The Hall–Kier alpha value is -3.71. The molecular weight excluding hydrogens is 446 g/mol. The van der Waals surface area contributed by atoms with E-state index in [0.717, 1.165) is 66.4 Å². The topological polar surface area (TPSA) is 129 Å². The zero-order valence-corrected chi connectivity index (χ0v) is 19.8. The lowest BCUT2D eigenvalue weighted by atomic mass is 10.1. The molecule has 2 aromatic heterocycles. The molecule has 35 heavy (non-hydrogen) atoms. The molecule has 10 nitrogen and oxygen atoms in total. The van der Waals surface area contributed by atoms with Gasteiger partial charge in [0.25, 0.3) is 0 Å². The third kappa shape index (κ3) is 4.64. The summed E-state index contributed by atoms with van der Waals surface area (Å²) in [7, 11) is 0. The number of rotatable bonds is 5. The van der Waals surface area contributed by atoms with E-state index in [1.165, 1.54) is 4.90 Å². The number of nitriles is 1. The first-order chi connectivity index (χ1) is 17.1. The number of carbonyl (C=O) groups is 1. The molecule has 2 atom stereocenters. The maximum Gasteiger partial charge on any atom is 0.407 e. The summed E-state index contributed by atoms with van der Waals surface area (Å²) in [6.45, 7) is 3.69. The number of likely N-dealkylation sites (tertiary alicyclic amines) is 1. The van der Waals surface area contributed by atoms with Crippen molar-refractivity contribution in [3.8, 4) is 17.5 Å². The minimum absolute atomic E-state index is 0.0525. The van der Waals surface area contributed by atoms with E-state index in [9.17, 15) is 15.2 Å². The minimum Gasteiger partial charge on any atom is -0.465 e. The first-order valence-electron chi connectivity index (χ1n) is 12.2. The fourth-order valence-electron chi connectivity index (χ4n) is 4.91. The van der Waals surface area contributed by atoms with E-state index in [-0.39, 0.29) is 12.3 Å². The molecule has 0 spiro atoms. The first-order valence-corrected chi connectivity index (χ1v) is 12.2. The summed E-state index contributed by atoms with van der Waals surface area (Å²) in [5.41, 5.74) is 3.86. The summed E-state index contributed by atoms with van der Waals surface area (Å²) < 4.78 is 7.92. The molecule has 0 bridgehead atoms. The van der Waals surface area contributed by atoms with Crippen LogP contribution in [-0.4, -0.2) is 61.6 Å². The average molecular weight is 476 g/mol. The Bertz CT molecular complexity index is 1280. The van der Waals surface area contributed by atoms with Gasteiger partial charge in [0.05, 0.1) is 22.8 Å². The molecule has 2 fully saturated rings. The van der Waals surface area contributed by atoms with Gasteiger partial charge in [0, 0.05) is 37.3 Å². The van der Waals surface area contributed by atoms with Crippen LogP contribution in [0, 0.1) is 11.3 Å². The summed E-state index contributed by atoms with van der Waals surface area (Å²) in [6.07, 6.45) is 6.08. The average Bonchev–Trinajstić information content (AvgIpc) is 3.28. The number of fused-ring (bicyclic) bond motifs is 1. The number of amides is 1. The van der Waals surface area contributed by atoms with Crippen molar-refractivity contribution in [2.24, 2.45) is 0 Å². The van der Waals surface area contributed by atoms with Gasteiger partial charge < -0.3 is 20.1 Å². The Balaban J connectivity index is 1.54. The number of benzene rings is 1. The normalized spacial score (nSPS) is 20.5. The number of hydrogen-bond acceptors (Lipinski definition) is 7. The van der Waals surface area contributed by atoms with E-state index >= 15 is 0 Å². The van der Waals surface area contributed by atoms with E-state index < -0.39 is 6.09 Å². The molecule has 2 saturated heterocycles. The van der Waals surface area contributed by atoms with Gasteiger partial charge in [-0.15, -0.1) is 0 Å². The van der Waals surface area contributed by atoms with Crippen LogP contribution < -0.4 is 5.32 Å². The van der Waals surface area contributed by atoms with Gasteiger partial charge in [0.2, 0.25) is 5.95 Å². The highest BCUT2D eigenvalue weighted by Gasteiger charge is 2.26. The summed E-state index contributed by atoms with van der Waals surface area (Å²) in [5, 5.41) is 28.0. The van der Waals surface area contributed by atoms with Crippen molar-refractivity contribution in [2.45, 2.75) is 57.7 Å². The summed E-state index contributed by atoms with van der Waals surface area (Å²) in [6, 6.07) is 7.76. The van der Waals surface area contributed by atoms with Gasteiger partial charge in [0.1, 0.15) is 5.69 Å². The number of aromatic nitrogens is 4. The lowest BCUT2D eigenvalue weighted by molar-refractivity contribution is -0.0365. The fourth-order valence-corrected chi connectivity index (χ4v) is 4.91. The van der Waals surface area contributed by atoms with Crippen molar-refractivity contribution in [2.75, 3.05) is 25.0 Å². The molecule has 1 aromatic carbocycles. The highest BCUT2D eigenvalue weighted by atomic mass is 16.5. The van der Waals surface area contributed by atoms with Crippen LogP contribution >= 0.6 is 0 Å². The van der Waals surface area contributed by atoms with Crippen LogP contribution in [-0.2, 0) is 11.2 Å². The van der Waals surface area contributed by atoms with E-state index in [0.29, 0.717) is 31.2 Å². The molecule has 182 valence electrons. The van der Waals surface area contributed by atoms with Crippen LogP contribution in [0.15, 0.2) is 24.4 Å². The first kappa shape index (κ1) is 23.1. The molecule has 5 rings (SSSR count). The maximum absolute atomic E-state index is 11.4. The van der Waals surface area contributed by atoms with Crippen molar-refractivity contribution in [3.63, 3.8) is 0 Å². The smallest absolute Gasteiger partial charge is 0.407 e. The van der Waals surface area contributed by atoms with E-state index in [1.54, 1.807) is 6.07 Å². The van der Waals surface area contributed by atoms with Gasteiger partial charge in [-0.05, 0) is 62.3 Å². The predicted octanol–water partition coefficient (Wildman–Crippen LogP) is 4.18. The maximum atomic E-state index is 11.4. The molecule has 0 aliphatic carbocycles. The van der Waals surface area contributed by atoms with Crippen molar-refractivity contribution in [1.29, 1.82) is 5.26 Å². The van der Waals surface area contributed by atoms with Gasteiger partial charge in [-0.2, -0.15) is 10.4 Å². The number of nitrogens with zero attached hydrogens (tertiary/aromatic N) is 6. The zero-order chi connectivity index (χ0) is 24.4. The second-order valence-corrected chi connectivity index (χ2v) is 9.09. The number of nitrogens with one attached hydrogen (secondary N) is 1. The van der Waals surface area contributed by atoms with Gasteiger partial charge in [-0.3, -0.25) is 0 Å². The van der Waals surface area contributed by atoms with Gasteiger partial charge in [-0.1, -0.05) is 6.92 Å². The van der Waals surface area contributed by atoms with Crippen molar-refractivity contribution < 1.29 is 14.6 Å². The number of aryl methyl sites for hydroxylation is 1. The number of anilines is 1. The van der Waals surface area contributed by atoms with Crippen LogP contribution in [0.1, 0.15) is 56.4 Å². The quantitative estimate of drug-likeness (QED) is 0.562. The molecule has 1 unspecified atom stereocenters.